The summed E-state index contributed by atoms with van der Waals surface area (Å²) < 4.78 is 0.825. The van der Waals surface area contributed by atoms with Gasteiger partial charge in [-0.3, -0.25) is 0 Å². The van der Waals surface area contributed by atoms with Crippen LogP contribution in [-0.4, -0.2) is 5.78 Å². The Morgan fingerprint density at radius 3 is 2.11 bits per heavy atom. The topological polar surface area (TPSA) is 17.1 Å². The van der Waals surface area contributed by atoms with Gasteiger partial charge in [0.05, 0.1) is 0 Å². The Balaban J connectivity index is 2.07. The predicted octanol–water partition coefficient (Wildman–Crippen LogP) is 3.86. The molecule has 0 radical (unpaired) electrons. The summed E-state index contributed by atoms with van der Waals surface area (Å²) in [6.07, 6.45) is 4.98. The molecule has 2 aromatic rings. The number of benzene rings is 2. The first-order valence-corrected chi connectivity index (χ1v) is 6.70. The molecule has 2 rings (SSSR count). The van der Waals surface area contributed by atoms with Gasteiger partial charge in [-0.15, -0.1) is 0 Å². The van der Waals surface area contributed by atoms with E-state index in [0.29, 0.717) is 0 Å². The van der Waals surface area contributed by atoms with E-state index < -0.39 is 0 Å². The van der Waals surface area contributed by atoms with Crippen LogP contribution in [0.3, 0.4) is 0 Å². The summed E-state index contributed by atoms with van der Waals surface area (Å²) in [7, 11) is 0. The van der Waals surface area contributed by atoms with Crippen LogP contribution in [-0.2, 0) is 24.0 Å². The Morgan fingerprint density at radius 2 is 1.47 bits per heavy atom. The predicted molar refractivity (Wildman–Crippen MR) is 74.9 cm³/mol. The van der Waals surface area contributed by atoms with E-state index in [-0.39, 0.29) is 5.78 Å². The van der Waals surface area contributed by atoms with Crippen LogP contribution in [0.5, 0.6) is 0 Å². The second-order valence-electron chi connectivity index (χ2n) is 3.97. The summed E-state index contributed by atoms with van der Waals surface area (Å²) in [5.74, 6) is -0.0327. The van der Waals surface area contributed by atoms with Crippen LogP contribution in [0, 0.1) is 0 Å². The molecular weight excluding hydrogens is 327 g/mol. The first-order valence-electron chi connectivity index (χ1n) is 5.92. The number of ketones is 1. The molecule has 0 bridgehead atoms. The molecule has 0 heterocycles. The number of carbonyl (C=O) groups excluding carboxylic acids is 1. The first kappa shape index (κ1) is 13.7. The molecule has 0 atom stereocenters. The summed E-state index contributed by atoms with van der Waals surface area (Å²) >= 11 is 3.12. The third-order valence-electron chi connectivity index (χ3n) is 2.53. The first-order chi connectivity index (χ1) is 9.25. The molecule has 97 valence electrons. The average Bonchev–Trinajstić information content (AvgIpc) is 2.47. The normalized spacial score (nSPS) is 11.8. The SMILES string of the molecule is O=C(/C=[C](\[Pd])c1ccccc1)/C=C/c1ccccc1. The number of rotatable bonds is 4. The van der Waals surface area contributed by atoms with E-state index in [1.165, 1.54) is 0 Å². The van der Waals surface area contributed by atoms with Gasteiger partial charge in [0.15, 0.2) is 0 Å². The summed E-state index contributed by atoms with van der Waals surface area (Å²) in [6.45, 7) is 0. The van der Waals surface area contributed by atoms with Gasteiger partial charge in [0.2, 0.25) is 0 Å². The van der Waals surface area contributed by atoms with E-state index in [4.69, 9.17) is 0 Å². The van der Waals surface area contributed by atoms with Crippen LogP contribution in [0.25, 0.3) is 10.1 Å². The van der Waals surface area contributed by atoms with Gasteiger partial charge in [-0.05, 0) is 0 Å². The average molecular weight is 340 g/mol. The van der Waals surface area contributed by atoms with Crippen molar-refractivity contribution in [3.05, 3.63) is 83.9 Å². The van der Waals surface area contributed by atoms with Gasteiger partial charge in [-0.25, -0.2) is 0 Å². The molecule has 0 saturated carbocycles. The molecule has 0 spiro atoms. The Labute approximate surface area is 124 Å². The minimum absolute atomic E-state index is 0.0327. The summed E-state index contributed by atoms with van der Waals surface area (Å²) in [5, 5.41) is 0. The Morgan fingerprint density at radius 1 is 0.895 bits per heavy atom. The number of carbonyl (C=O) groups is 1. The quantitative estimate of drug-likeness (QED) is 0.611. The van der Waals surface area contributed by atoms with Gasteiger partial charge in [0, 0.05) is 0 Å². The second kappa shape index (κ2) is 6.99. The summed E-state index contributed by atoms with van der Waals surface area (Å²) in [4.78, 5) is 11.8. The molecule has 0 aliphatic heterocycles. The minimum atomic E-state index is -0.0327. The number of hydrogen-bond acceptors (Lipinski definition) is 1. The molecule has 0 aliphatic rings. The molecule has 0 aliphatic carbocycles. The van der Waals surface area contributed by atoms with E-state index in [1.807, 2.05) is 66.7 Å². The van der Waals surface area contributed by atoms with Crippen LogP contribution < -0.4 is 0 Å². The number of hydrogen-bond donors (Lipinski definition) is 0. The van der Waals surface area contributed by atoms with Crippen molar-refractivity contribution < 1.29 is 24.0 Å². The van der Waals surface area contributed by atoms with Crippen molar-refractivity contribution in [3.8, 4) is 0 Å². The summed E-state index contributed by atoms with van der Waals surface area (Å²) in [5.41, 5.74) is 2.02. The van der Waals surface area contributed by atoms with E-state index in [2.05, 4.69) is 19.2 Å². The van der Waals surface area contributed by atoms with Crippen LogP contribution in [0.1, 0.15) is 11.1 Å². The van der Waals surface area contributed by atoms with E-state index >= 15 is 0 Å². The maximum atomic E-state index is 11.8. The molecule has 0 fully saturated rings. The molecule has 2 aromatic carbocycles. The van der Waals surface area contributed by atoms with Crippen molar-refractivity contribution in [3.63, 3.8) is 0 Å². The van der Waals surface area contributed by atoms with E-state index in [9.17, 15) is 4.79 Å². The second-order valence-corrected chi connectivity index (χ2v) is 4.81. The van der Waals surface area contributed by atoms with Crippen LogP contribution >= 0.6 is 0 Å². The molecule has 0 aromatic heterocycles. The van der Waals surface area contributed by atoms with Crippen molar-refractivity contribution in [2.45, 2.75) is 0 Å². The molecule has 0 amide bonds. The van der Waals surface area contributed by atoms with Gasteiger partial charge in [0.25, 0.3) is 0 Å². The van der Waals surface area contributed by atoms with Crippen LogP contribution in [0.15, 0.2) is 72.8 Å². The fraction of sp³-hybridized carbons (Fsp3) is 0. The standard InChI is InChI=1S/C17H13O.Pd/c18-17(13-11-15-7-3-1-4-8-15)14-12-16-9-5-2-6-10-16;/h1-11,13-14H;/b13-11+,14-12?;. The Hall–Kier alpha value is -1.75. The fourth-order valence-corrected chi connectivity index (χ4v) is 2.06. The van der Waals surface area contributed by atoms with Crippen molar-refractivity contribution in [1.82, 2.24) is 0 Å². The van der Waals surface area contributed by atoms with Gasteiger partial charge in [-0.2, -0.15) is 0 Å². The third-order valence-corrected chi connectivity index (χ3v) is 3.20. The molecule has 2 heteroatoms. The van der Waals surface area contributed by atoms with E-state index in [0.717, 1.165) is 15.2 Å². The zero-order chi connectivity index (χ0) is 13.5. The molecule has 0 unspecified atom stereocenters. The Bertz CT molecular complexity index is 598. The molecule has 19 heavy (non-hydrogen) atoms. The van der Waals surface area contributed by atoms with Crippen LogP contribution in [0.2, 0.25) is 0 Å². The number of allylic oxidation sites excluding steroid dienone is 2. The van der Waals surface area contributed by atoms with Crippen molar-refractivity contribution in [2.75, 3.05) is 0 Å². The van der Waals surface area contributed by atoms with Crippen molar-refractivity contribution in [2.24, 2.45) is 0 Å². The molecular formula is C17H13OPd. The van der Waals surface area contributed by atoms with Crippen molar-refractivity contribution >= 4 is 15.9 Å². The van der Waals surface area contributed by atoms with Crippen LogP contribution in [0.4, 0.5) is 0 Å². The maximum absolute atomic E-state index is 11.8. The van der Waals surface area contributed by atoms with Gasteiger partial charge in [0.1, 0.15) is 0 Å². The van der Waals surface area contributed by atoms with Gasteiger partial charge >= 0.3 is 124 Å². The fourth-order valence-electron chi connectivity index (χ4n) is 1.58. The Kier molecular flexibility index (Phi) is 5.03. The van der Waals surface area contributed by atoms with Crippen molar-refractivity contribution in [1.29, 1.82) is 0 Å². The molecule has 0 N–H and O–H groups in total. The molecule has 0 saturated heterocycles. The van der Waals surface area contributed by atoms with Gasteiger partial charge in [-0.1, -0.05) is 0 Å². The molecule has 1 nitrogen and oxygen atoms in total. The zero-order valence-electron chi connectivity index (χ0n) is 10.2. The van der Waals surface area contributed by atoms with Gasteiger partial charge < -0.3 is 0 Å². The monoisotopic (exact) mass is 339 g/mol. The third kappa shape index (κ3) is 4.45. The zero-order valence-corrected chi connectivity index (χ0v) is 11.8. The van der Waals surface area contributed by atoms with E-state index in [1.54, 1.807) is 12.2 Å². The summed E-state index contributed by atoms with van der Waals surface area (Å²) in [6, 6.07) is 19.5.